The minimum atomic E-state index is -0.783. The Morgan fingerprint density at radius 1 is 1.41 bits per heavy atom. The first-order valence-corrected chi connectivity index (χ1v) is 10.1. The summed E-state index contributed by atoms with van der Waals surface area (Å²) in [5.41, 5.74) is 1.34. The van der Waals surface area contributed by atoms with Crippen LogP contribution in [0.2, 0.25) is 0 Å². The topological polar surface area (TPSA) is 49.8 Å². The van der Waals surface area contributed by atoms with Crippen molar-refractivity contribution in [1.82, 2.24) is 4.90 Å². The summed E-state index contributed by atoms with van der Waals surface area (Å²) in [4.78, 5) is 13.6. The van der Waals surface area contributed by atoms with Gasteiger partial charge in [0.2, 0.25) is 0 Å². The van der Waals surface area contributed by atoms with E-state index in [4.69, 9.17) is 4.74 Å². The van der Waals surface area contributed by atoms with Crippen molar-refractivity contribution in [1.29, 1.82) is 0 Å². The minimum absolute atomic E-state index is 0.00984. The lowest BCUT2D eigenvalue weighted by Gasteiger charge is -2.44. The molecule has 1 N–H and O–H groups in total. The zero-order chi connectivity index (χ0) is 20.0. The van der Waals surface area contributed by atoms with Crippen molar-refractivity contribution in [3.05, 3.63) is 35.1 Å². The molecule has 27 heavy (non-hydrogen) atoms. The molecule has 1 aromatic carbocycles. The molecule has 0 aromatic heterocycles. The van der Waals surface area contributed by atoms with Gasteiger partial charge < -0.3 is 14.7 Å². The van der Waals surface area contributed by atoms with E-state index in [1.54, 1.807) is 6.07 Å². The molecule has 1 aliphatic rings. The van der Waals surface area contributed by atoms with Gasteiger partial charge in [0.25, 0.3) is 0 Å². The second kappa shape index (κ2) is 9.65. The first-order chi connectivity index (χ1) is 12.8. The van der Waals surface area contributed by atoms with Crippen LogP contribution in [0.15, 0.2) is 18.2 Å². The number of aryl methyl sites for hydroxylation is 1. The number of hydrogen-bond donors (Lipinski definition) is 1. The van der Waals surface area contributed by atoms with E-state index in [2.05, 4.69) is 25.7 Å². The van der Waals surface area contributed by atoms with E-state index in [1.807, 2.05) is 6.07 Å². The van der Waals surface area contributed by atoms with Crippen LogP contribution in [-0.4, -0.2) is 48.3 Å². The predicted octanol–water partition coefficient (Wildman–Crippen LogP) is 3.91. The molecular weight excluding hydrogens is 345 g/mol. The van der Waals surface area contributed by atoms with Gasteiger partial charge in [0.15, 0.2) is 0 Å². The quantitative estimate of drug-likeness (QED) is 0.661. The Morgan fingerprint density at radius 3 is 2.78 bits per heavy atom. The summed E-state index contributed by atoms with van der Waals surface area (Å²) < 4.78 is 18.3. The number of esters is 1. The van der Waals surface area contributed by atoms with Gasteiger partial charge in [-0.2, -0.15) is 0 Å². The largest absolute Gasteiger partial charge is 0.469 e. The van der Waals surface area contributed by atoms with Gasteiger partial charge in [-0.05, 0) is 68.0 Å². The second-order valence-electron chi connectivity index (χ2n) is 8.03. The SMILES string of the molecule is CCN(CCCC(=O)OC)CC[C@@]1(O)CCc2cc(F)ccc2C1C(C)C. The fraction of sp³-hybridized carbons (Fsp3) is 0.682. The monoisotopic (exact) mass is 379 g/mol. The van der Waals surface area contributed by atoms with E-state index < -0.39 is 5.60 Å². The predicted molar refractivity (Wildman–Crippen MR) is 105 cm³/mol. The Hall–Kier alpha value is -1.46. The molecule has 0 heterocycles. The second-order valence-corrected chi connectivity index (χ2v) is 8.03. The van der Waals surface area contributed by atoms with Crippen molar-refractivity contribution in [2.24, 2.45) is 5.92 Å². The van der Waals surface area contributed by atoms with Gasteiger partial charge in [0.05, 0.1) is 12.7 Å². The highest BCUT2D eigenvalue weighted by Gasteiger charge is 2.43. The van der Waals surface area contributed by atoms with Crippen molar-refractivity contribution in [2.45, 2.75) is 64.4 Å². The number of fused-ring (bicyclic) bond motifs is 1. The van der Waals surface area contributed by atoms with E-state index in [-0.39, 0.29) is 23.6 Å². The fourth-order valence-corrected chi connectivity index (χ4v) is 4.48. The molecular formula is C22H34FNO3. The highest BCUT2D eigenvalue weighted by atomic mass is 19.1. The number of methoxy groups -OCH3 is 1. The van der Waals surface area contributed by atoms with Crippen molar-refractivity contribution >= 4 is 5.97 Å². The average Bonchev–Trinajstić information content (AvgIpc) is 2.64. The van der Waals surface area contributed by atoms with Crippen molar-refractivity contribution in [3.8, 4) is 0 Å². The number of carbonyl (C=O) groups excluding carboxylic acids is 1. The van der Waals surface area contributed by atoms with Crippen molar-refractivity contribution < 1.29 is 19.0 Å². The molecule has 5 heteroatoms. The molecule has 1 unspecified atom stereocenters. The number of halogens is 1. The highest BCUT2D eigenvalue weighted by Crippen LogP contribution is 2.45. The molecule has 0 bridgehead atoms. The lowest BCUT2D eigenvalue weighted by atomic mass is 9.66. The molecule has 0 amide bonds. The summed E-state index contributed by atoms with van der Waals surface area (Å²) in [5.74, 6) is -0.102. The van der Waals surface area contributed by atoms with Crippen LogP contribution in [0.1, 0.15) is 63.5 Å². The average molecular weight is 380 g/mol. The molecule has 0 aliphatic heterocycles. The highest BCUT2D eigenvalue weighted by molar-refractivity contribution is 5.69. The van der Waals surface area contributed by atoms with E-state index in [0.717, 1.165) is 37.2 Å². The third kappa shape index (κ3) is 5.52. The van der Waals surface area contributed by atoms with E-state index in [9.17, 15) is 14.3 Å². The summed E-state index contributed by atoms with van der Waals surface area (Å²) in [5, 5.41) is 11.5. The summed E-state index contributed by atoms with van der Waals surface area (Å²) in [6.45, 7) is 8.83. The lowest BCUT2D eigenvalue weighted by Crippen LogP contribution is -2.45. The molecule has 1 aliphatic carbocycles. The zero-order valence-electron chi connectivity index (χ0n) is 17.1. The summed E-state index contributed by atoms with van der Waals surface area (Å²) >= 11 is 0. The third-order valence-electron chi connectivity index (χ3n) is 5.90. The van der Waals surface area contributed by atoms with E-state index in [0.29, 0.717) is 25.7 Å². The number of ether oxygens (including phenoxy) is 1. The van der Waals surface area contributed by atoms with Crippen LogP contribution in [0.4, 0.5) is 4.39 Å². The minimum Gasteiger partial charge on any atom is -0.469 e. The van der Waals surface area contributed by atoms with Gasteiger partial charge in [-0.3, -0.25) is 4.79 Å². The maximum absolute atomic E-state index is 13.6. The number of carbonyl (C=O) groups is 1. The molecule has 2 atom stereocenters. The molecule has 0 saturated carbocycles. The van der Waals surface area contributed by atoms with Crippen molar-refractivity contribution in [2.75, 3.05) is 26.7 Å². The Bertz CT molecular complexity index is 634. The van der Waals surface area contributed by atoms with Crippen LogP contribution in [0.5, 0.6) is 0 Å². The zero-order valence-corrected chi connectivity index (χ0v) is 17.1. The smallest absolute Gasteiger partial charge is 0.305 e. The number of nitrogens with zero attached hydrogens (tertiary/aromatic N) is 1. The van der Waals surface area contributed by atoms with Gasteiger partial charge in [-0.25, -0.2) is 4.39 Å². The first kappa shape index (κ1) is 21.8. The number of benzene rings is 1. The Labute approximate surface area is 162 Å². The normalized spacial score (nSPS) is 22.1. The van der Waals surface area contributed by atoms with Crippen LogP contribution in [0, 0.1) is 11.7 Å². The van der Waals surface area contributed by atoms with Gasteiger partial charge in [-0.15, -0.1) is 0 Å². The van der Waals surface area contributed by atoms with E-state index in [1.165, 1.54) is 13.2 Å². The van der Waals surface area contributed by atoms with Crippen LogP contribution in [0.3, 0.4) is 0 Å². The maximum Gasteiger partial charge on any atom is 0.305 e. The summed E-state index contributed by atoms with van der Waals surface area (Å²) in [6, 6.07) is 4.98. The fourth-order valence-electron chi connectivity index (χ4n) is 4.48. The third-order valence-corrected chi connectivity index (χ3v) is 5.90. The summed E-state index contributed by atoms with van der Waals surface area (Å²) in [7, 11) is 1.41. The molecule has 0 fully saturated rings. The van der Waals surface area contributed by atoms with Crippen LogP contribution in [0.25, 0.3) is 0 Å². The number of hydrogen-bond acceptors (Lipinski definition) is 4. The first-order valence-electron chi connectivity index (χ1n) is 10.1. The van der Waals surface area contributed by atoms with Gasteiger partial charge in [0.1, 0.15) is 5.82 Å². The van der Waals surface area contributed by atoms with Crippen LogP contribution < -0.4 is 0 Å². The van der Waals surface area contributed by atoms with Gasteiger partial charge in [-0.1, -0.05) is 26.8 Å². The molecule has 4 nitrogen and oxygen atoms in total. The summed E-state index contributed by atoms with van der Waals surface area (Å²) in [6.07, 6.45) is 3.23. The number of rotatable bonds is 9. The van der Waals surface area contributed by atoms with Crippen LogP contribution in [-0.2, 0) is 16.0 Å². The molecule has 2 rings (SSSR count). The van der Waals surface area contributed by atoms with E-state index >= 15 is 0 Å². The van der Waals surface area contributed by atoms with Crippen LogP contribution >= 0.6 is 0 Å². The lowest BCUT2D eigenvalue weighted by molar-refractivity contribution is -0.140. The van der Waals surface area contributed by atoms with Crippen molar-refractivity contribution in [3.63, 3.8) is 0 Å². The standard InChI is InChI=1S/C22H34FNO3/c1-5-24(13-6-7-20(25)27-4)14-12-22(26)11-10-17-15-18(23)8-9-19(17)21(22)16(2)3/h8-9,15-16,21,26H,5-7,10-14H2,1-4H3/t21?,22-/m0/s1. The maximum atomic E-state index is 13.6. The molecule has 0 radical (unpaired) electrons. The Balaban J connectivity index is 2.04. The van der Waals surface area contributed by atoms with Gasteiger partial charge >= 0.3 is 5.97 Å². The Kier molecular flexibility index (Phi) is 7.80. The van der Waals surface area contributed by atoms with Gasteiger partial charge in [0, 0.05) is 18.9 Å². The molecule has 0 spiro atoms. The Morgan fingerprint density at radius 2 is 2.15 bits per heavy atom. The molecule has 1 aromatic rings. The number of aliphatic hydroxyl groups is 1. The molecule has 0 saturated heterocycles. The molecule has 152 valence electrons.